The first-order valence-electron chi connectivity index (χ1n) is 9.30. The molecule has 30 heavy (non-hydrogen) atoms. The minimum atomic E-state index is -0.852. The second kappa shape index (κ2) is 7.79. The highest BCUT2D eigenvalue weighted by atomic mass is 16.5. The standard InChI is InChI=1S/C23H19N3O4/c1-14-4-6-15(7-5-14)19-18(20(27)16-8-10-17(30-2)11-9-16)21(28)22(29)26(19)23-24-12-3-13-25-23/h3-13,19,27H,1-2H3/b20-18-. The number of aryl methyl sites for hydroxylation is 1. The van der Waals surface area contributed by atoms with Gasteiger partial charge in [0.1, 0.15) is 11.5 Å². The van der Waals surface area contributed by atoms with Crippen LogP contribution in [0.2, 0.25) is 0 Å². The summed E-state index contributed by atoms with van der Waals surface area (Å²) in [5, 5.41) is 11.0. The van der Waals surface area contributed by atoms with Gasteiger partial charge in [-0.3, -0.25) is 14.5 Å². The third kappa shape index (κ3) is 3.30. The molecule has 2 heterocycles. The smallest absolute Gasteiger partial charge is 0.302 e. The number of carbonyl (C=O) groups excluding carboxylic acids is 2. The van der Waals surface area contributed by atoms with Gasteiger partial charge in [0.05, 0.1) is 18.7 Å². The molecule has 0 spiro atoms. The predicted molar refractivity (Wildman–Crippen MR) is 111 cm³/mol. The third-order valence-corrected chi connectivity index (χ3v) is 4.97. The number of hydrogen-bond acceptors (Lipinski definition) is 6. The number of nitrogens with zero attached hydrogens (tertiary/aromatic N) is 3. The molecule has 0 radical (unpaired) electrons. The van der Waals surface area contributed by atoms with Gasteiger partial charge in [-0.25, -0.2) is 9.97 Å². The van der Waals surface area contributed by atoms with E-state index in [0.29, 0.717) is 16.9 Å². The maximum Gasteiger partial charge on any atom is 0.302 e. The summed E-state index contributed by atoms with van der Waals surface area (Å²) in [4.78, 5) is 35.4. The van der Waals surface area contributed by atoms with Gasteiger partial charge < -0.3 is 9.84 Å². The topological polar surface area (TPSA) is 92.6 Å². The lowest BCUT2D eigenvalue weighted by atomic mass is 9.95. The molecule has 1 unspecified atom stereocenters. The van der Waals surface area contributed by atoms with E-state index < -0.39 is 17.7 Å². The van der Waals surface area contributed by atoms with E-state index in [9.17, 15) is 14.7 Å². The maximum atomic E-state index is 13.0. The zero-order chi connectivity index (χ0) is 21.3. The first-order chi connectivity index (χ1) is 14.5. The van der Waals surface area contributed by atoms with Crippen molar-refractivity contribution >= 4 is 23.4 Å². The number of methoxy groups -OCH3 is 1. The lowest BCUT2D eigenvalue weighted by Gasteiger charge is -2.23. The van der Waals surface area contributed by atoms with Crippen LogP contribution in [0, 0.1) is 6.92 Å². The number of amides is 1. The SMILES string of the molecule is COc1ccc(/C(O)=C2/C(=O)C(=O)N(c3ncccn3)C2c2ccc(C)cc2)cc1. The largest absolute Gasteiger partial charge is 0.507 e. The first kappa shape index (κ1) is 19.3. The molecule has 1 aliphatic rings. The molecular formula is C23H19N3O4. The van der Waals surface area contributed by atoms with Crippen LogP contribution in [0.3, 0.4) is 0 Å². The number of ether oxygens (including phenoxy) is 1. The number of aliphatic hydroxyl groups excluding tert-OH is 1. The predicted octanol–water partition coefficient (Wildman–Crippen LogP) is 3.42. The third-order valence-electron chi connectivity index (χ3n) is 4.97. The van der Waals surface area contributed by atoms with Crippen LogP contribution in [-0.4, -0.2) is 33.9 Å². The van der Waals surface area contributed by atoms with E-state index in [1.807, 2.05) is 31.2 Å². The molecule has 1 amide bonds. The van der Waals surface area contributed by atoms with E-state index in [1.54, 1.807) is 30.3 Å². The minimum absolute atomic E-state index is 0.0125. The summed E-state index contributed by atoms with van der Waals surface area (Å²) in [5.74, 6) is -1.14. The summed E-state index contributed by atoms with van der Waals surface area (Å²) in [5.41, 5.74) is 2.09. The molecule has 7 nitrogen and oxygen atoms in total. The fourth-order valence-corrected chi connectivity index (χ4v) is 3.42. The molecule has 1 N–H and O–H groups in total. The summed E-state index contributed by atoms with van der Waals surface area (Å²) in [7, 11) is 1.54. The average molecular weight is 401 g/mol. The van der Waals surface area contributed by atoms with E-state index in [2.05, 4.69) is 9.97 Å². The van der Waals surface area contributed by atoms with Crippen LogP contribution in [0.25, 0.3) is 5.76 Å². The first-order valence-corrected chi connectivity index (χ1v) is 9.30. The summed E-state index contributed by atoms with van der Waals surface area (Å²) < 4.78 is 5.15. The summed E-state index contributed by atoms with van der Waals surface area (Å²) in [6, 6.07) is 14.8. The van der Waals surface area contributed by atoms with Crippen LogP contribution in [0.15, 0.2) is 72.6 Å². The lowest BCUT2D eigenvalue weighted by molar-refractivity contribution is -0.132. The Morgan fingerprint density at radius 1 is 1.00 bits per heavy atom. The van der Waals surface area contributed by atoms with Crippen LogP contribution in [0.1, 0.15) is 22.7 Å². The highest BCUT2D eigenvalue weighted by Crippen LogP contribution is 2.41. The molecule has 1 saturated heterocycles. The number of aromatic nitrogens is 2. The number of Topliss-reactive ketones (excluding diaryl/α,β-unsaturated/α-hetero) is 1. The Morgan fingerprint density at radius 3 is 2.23 bits per heavy atom. The Morgan fingerprint density at radius 2 is 1.63 bits per heavy atom. The van der Waals surface area contributed by atoms with E-state index in [-0.39, 0.29) is 17.3 Å². The van der Waals surface area contributed by atoms with Gasteiger partial charge in [-0.1, -0.05) is 29.8 Å². The van der Waals surface area contributed by atoms with Gasteiger partial charge in [0.15, 0.2) is 0 Å². The number of anilines is 1. The molecule has 7 heteroatoms. The highest BCUT2D eigenvalue weighted by molar-refractivity contribution is 6.51. The van der Waals surface area contributed by atoms with Crippen molar-refractivity contribution < 1.29 is 19.4 Å². The number of benzene rings is 2. The summed E-state index contributed by atoms with van der Waals surface area (Å²) in [6.07, 6.45) is 2.99. The fraction of sp³-hybridized carbons (Fsp3) is 0.130. The van der Waals surface area contributed by atoms with Gasteiger partial charge in [0.2, 0.25) is 5.95 Å². The maximum absolute atomic E-state index is 13.0. The zero-order valence-corrected chi connectivity index (χ0v) is 16.4. The zero-order valence-electron chi connectivity index (χ0n) is 16.4. The van der Waals surface area contributed by atoms with Crippen molar-refractivity contribution in [2.75, 3.05) is 12.0 Å². The van der Waals surface area contributed by atoms with Crippen molar-refractivity contribution in [3.63, 3.8) is 0 Å². The van der Waals surface area contributed by atoms with Gasteiger partial charge in [0.25, 0.3) is 5.78 Å². The second-order valence-electron chi connectivity index (χ2n) is 6.86. The Balaban J connectivity index is 1.91. The van der Waals surface area contributed by atoms with Gasteiger partial charge in [-0.2, -0.15) is 0 Å². The highest BCUT2D eigenvalue weighted by Gasteiger charge is 2.48. The molecule has 0 aliphatic carbocycles. The summed E-state index contributed by atoms with van der Waals surface area (Å²) in [6.45, 7) is 1.94. The quantitative estimate of drug-likeness (QED) is 0.409. The summed E-state index contributed by atoms with van der Waals surface area (Å²) >= 11 is 0. The molecular weight excluding hydrogens is 382 g/mol. The van der Waals surface area contributed by atoms with Crippen LogP contribution in [0.5, 0.6) is 5.75 Å². The van der Waals surface area contributed by atoms with Crippen molar-refractivity contribution in [1.82, 2.24) is 9.97 Å². The number of rotatable bonds is 4. The van der Waals surface area contributed by atoms with E-state index in [4.69, 9.17) is 4.74 Å². The lowest BCUT2D eigenvalue weighted by Crippen LogP contribution is -2.31. The Labute approximate surface area is 173 Å². The molecule has 3 aromatic rings. The van der Waals surface area contributed by atoms with Gasteiger partial charge in [-0.15, -0.1) is 0 Å². The van der Waals surface area contributed by atoms with E-state index in [0.717, 1.165) is 5.56 Å². The molecule has 150 valence electrons. The molecule has 1 fully saturated rings. The molecule has 1 aromatic heterocycles. The van der Waals surface area contributed by atoms with Crippen molar-refractivity contribution in [1.29, 1.82) is 0 Å². The Hall–Kier alpha value is -4.00. The Bertz CT molecular complexity index is 1120. The number of carbonyl (C=O) groups is 2. The van der Waals surface area contributed by atoms with Gasteiger partial charge in [-0.05, 0) is 42.8 Å². The van der Waals surface area contributed by atoms with E-state index >= 15 is 0 Å². The molecule has 2 aromatic carbocycles. The molecule has 0 bridgehead atoms. The fourth-order valence-electron chi connectivity index (χ4n) is 3.42. The molecule has 1 atom stereocenters. The second-order valence-corrected chi connectivity index (χ2v) is 6.86. The van der Waals surface area contributed by atoms with E-state index in [1.165, 1.54) is 24.4 Å². The number of ketones is 1. The van der Waals surface area contributed by atoms with Crippen molar-refractivity contribution in [2.24, 2.45) is 0 Å². The van der Waals surface area contributed by atoms with Gasteiger partial charge in [0, 0.05) is 18.0 Å². The van der Waals surface area contributed by atoms with Crippen LogP contribution < -0.4 is 9.64 Å². The monoisotopic (exact) mass is 401 g/mol. The normalized spacial score (nSPS) is 17.9. The minimum Gasteiger partial charge on any atom is -0.507 e. The van der Waals surface area contributed by atoms with Gasteiger partial charge >= 0.3 is 5.91 Å². The Kier molecular flexibility index (Phi) is 5.02. The molecule has 4 rings (SSSR count). The molecule has 1 aliphatic heterocycles. The van der Waals surface area contributed by atoms with Crippen molar-refractivity contribution in [2.45, 2.75) is 13.0 Å². The van der Waals surface area contributed by atoms with Crippen LogP contribution in [0.4, 0.5) is 5.95 Å². The average Bonchev–Trinajstić information content (AvgIpc) is 3.05. The van der Waals surface area contributed by atoms with Crippen molar-refractivity contribution in [3.8, 4) is 5.75 Å². The van der Waals surface area contributed by atoms with Crippen LogP contribution in [-0.2, 0) is 9.59 Å². The van der Waals surface area contributed by atoms with Crippen LogP contribution >= 0.6 is 0 Å². The van der Waals surface area contributed by atoms with Crippen molar-refractivity contribution in [3.05, 3.63) is 89.3 Å². The number of hydrogen-bond donors (Lipinski definition) is 1. The number of aliphatic hydroxyl groups is 1. The molecule has 0 saturated carbocycles.